The molecule has 2 N–H and O–H groups in total. The minimum Gasteiger partial charge on any atom is -0.319 e. The largest absolute Gasteiger partial charge is 0.319 e. The molecule has 1 amide bonds. The molecule has 0 fully saturated rings. The monoisotopic (exact) mass is 353 g/mol. The third-order valence-corrected chi connectivity index (χ3v) is 4.64. The second kappa shape index (κ2) is 9.01. The Labute approximate surface area is 148 Å². The first-order chi connectivity index (χ1) is 10.5. The lowest BCUT2D eigenvalue weighted by Gasteiger charge is -2.09. The number of hydrogen-bond donors (Lipinski definition) is 2. The van der Waals surface area contributed by atoms with E-state index in [1.807, 2.05) is 20.9 Å². The van der Waals surface area contributed by atoms with Crippen LogP contribution >= 0.6 is 23.7 Å². The van der Waals surface area contributed by atoms with E-state index < -0.39 is 0 Å². The molecule has 1 aromatic carbocycles. The van der Waals surface area contributed by atoms with E-state index in [0.29, 0.717) is 11.7 Å². The van der Waals surface area contributed by atoms with Crippen molar-refractivity contribution in [2.24, 2.45) is 5.92 Å². The number of rotatable bonds is 6. The summed E-state index contributed by atoms with van der Waals surface area (Å²) in [7, 11) is 1.84. The Bertz CT molecular complexity index is 640. The predicted octanol–water partition coefficient (Wildman–Crippen LogP) is 3.57. The van der Waals surface area contributed by atoms with Gasteiger partial charge in [0.1, 0.15) is 0 Å². The molecule has 23 heavy (non-hydrogen) atoms. The van der Waals surface area contributed by atoms with Crippen molar-refractivity contribution < 1.29 is 4.79 Å². The highest BCUT2D eigenvalue weighted by molar-refractivity contribution is 7.15. The summed E-state index contributed by atoms with van der Waals surface area (Å²) in [6, 6.07) is 8.52. The molecule has 1 atom stereocenters. The van der Waals surface area contributed by atoms with Crippen molar-refractivity contribution >= 4 is 34.8 Å². The van der Waals surface area contributed by atoms with Gasteiger partial charge >= 0.3 is 0 Å². The third kappa shape index (κ3) is 5.61. The Balaban J connectivity index is 0.00000264. The van der Waals surface area contributed by atoms with E-state index in [4.69, 9.17) is 0 Å². The van der Waals surface area contributed by atoms with E-state index in [2.05, 4.69) is 46.8 Å². The summed E-state index contributed by atoms with van der Waals surface area (Å²) in [4.78, 5) is 17.7. The number of aromatic nitrogens is 1. The molecule has 0 aliphatic rings. The van der Waals surface area contributed by atoms with Crippen molar-refractivity contribution in [2.45, 2.75) is 27.2 Å². The average molecular weight is 354 g/mol. The molecule has 0 spiro atoms. The van der Waals surface area contributed by atoms with E-state index in [-0.39, 0.29) is 24.2 Å². The van der Waals surface area contributed by atoms with Crippen LogP contribution in [0.5, 0.6) is 0 Å². The normalized spacial score (nSPS) is 11.7. The molecule has 1 heterocycles. The van der Waals surface area contributed by atoms with Gasteiger partial charge in [0.05, 0.1) is 5.69 Å². The fourth-order valence-corrected chi connectivity index (χ4v) is 3.16. The Kier molecular flexibility index (Phi) is 7.68. The number of benzene rings is 1. The first-order valence-corrected chi connectivity index (χ1v) is 8.28. The van der Waals surface area contributed by atoms with Crippen molar-refractivity contribution in [3.63, 3.8) is 0 Å². The molecule has 6 heteroatoms. The van der Waals surface area contributed by atoms with Crippen LogP contribution in [0.3, 0.4) is 0 Å². The van der Waals surface area contributed by atoms with E-state index >= 15 is 0 Å². The maximum atomic E-state index is 12.0. The van der Waals surface area contributed by atoms with Gasteiger partial charge in [0, 0.05) is 23.8 Å². The van der Waals surface area contributed by atoms with Gasteiger partial charge in [-0.05, 0) is 26.5 Å². The van der Waals surface area contributed by atoms with Crippen LogP contribution in [-0.2, 0) is 11.2 Å². The van der Waals surface area contributed by atoms with E-state index in [0.717, 1.165) is 12.1 Å². The van der Waals surface area contributed by atoms with Crippen LogP contribution in [0, 0.1) is 19.8 Å². The molecule has 0 radical (unpaired) electrons. The first-order valence-electron chi connectivity index (χ1n) is 7.47. The minimum absolute atomic E-state index is 0. The van der Waals surface area contributed by atoms with E-state index in [9.17, 15) is 4.79 Å². The molecule has 1 unspecified atom stereocenters. The molecular weight excluding hydrogens is 330 g/mol. The number of nitrogens with zero attached hydrogens (tertiary/aromatic N) is 1. The number of carbonyl (C=O) groups excluding carboxylic acids is 1. The Hall–Kier alpha value is -1.43. The van der Waals surface area contributed by atoms with Gasteiger partial charge in [-0.1, -0.05) is 36.8 Å². The van der Waals surface area contributed by atoms with Crippen LogP contribution < -0.4 is 10.6 Å². The summed E-state index contributed by atoms with van der Waals surface area (Å²) in [5, 5.41) is 6.61. The molecule has 0 saturated carbocycles. The van der Waals surface area contributed by atoms with Crippen LogP contribution in [-0.4, -0.2) is 24.5 Å². The molecule has 2 aromatic rings. The number of amides is 1. The maximum absolute atomic E-state index is 12.0. The molecule has 0 aliphatic heterocycles. The van der Waals surface area contributed by atoms with E-state index in [1.54, 1.807) is 11.3 Å². The number of nitrogens with one attached hydrogen (secondary N) is 2. The maximum Gasteiger partial charge on any atom is 0.230 e. The highest BCUT2D eigenvalue weighted by Crippen LogP contribution is 2.25. The molecule has 1 aromatic heterocycles. The smallest absolute Gasteiger partial charge is 0.230 e. The topological polar surface area (TPSA) is 54.0 Å². The van der Waals surface area contributed by atoms with Crippen molar-refractivity contribution in [3.05, 3.63) is 46.0 Å². The van der Waals surface area contributed by atoms with Crippen molar-refractivity contribution in [2.75, 3.05) is 18.9 Å². The number of anilines is 1. The summed E-state index contributed by atoms with van der Waals surface area (Å²) in [6.07, 6.45) is 0.853. The summed E-state index contributed by atoms with van der Waals surface area (Å²) < 4.78 is 0. The fourth-order valence-electron chi connectivity index (χ4n) is 2.16. The number of carbonyl (C=O) groups is 1. The summed E-state index contributed by atoms with van der Waals surface area (Å²) in [5.41, 5.74) is 3.51. The van der Waals surface area contributed by atoms with E-state index in [1.165, 1.54) is 16.0 Å². The van der Waals surface area contributed by atoms with Gasteiger partial charge in [-0.25, -0.2) is 4.98 Å². The second-order valence-corrected chi connectivity index (χ2v) is 6.72. The summed E-state index contributed by atoms with van der Waals surface area (Å²) in [5.74, 6) is -0.0697. The molecule has 126 valence electrons. The number of thiazole rings is 1. The lowest BCUT2D eigenvalue weighted by Crippen LogP contribution is -2.28. The van der Waals surface area contributed by atoms with Crippen LogP contribution in [0.4, 0.5) is 5.13 Å². The molecule has 0 bridgehead atoms. The van der Waals surface area contributed by atoms with Gasteiger partial charge in [0.15, 0.2) is 5.13 Å². The molecule has 0 aliphatic carbocycles. The lowest BCUT2D eigenvalue weighted by atomic mass is 10.1. The standard InChI is InChI=1S/C17H23N3OS.ClH/c1-11-5-7-14(8-6-11)9-15-13(3)19-17(22-15)20-16(21)12(2)10-18-4;/h5-8,12,18H,9-10H2,1-4H3,(H,19,20,21);1H. The fraction of sp³-hybridized carbons (Fsp3) is 0.412. The van der Waals surface area contributed by atoms with Crippen molar-refractivity contribution in [3.8, 4) is 0 Å². The van der Waals surface area contributed by atoms with Crippen LogP contribution in [0.25, 0.3) is 0 Å². The van der Waals surface area contributed by atoms with Gasteiger partial charge in [0.25, 0.3) is 0 Å². The summed E-state index contributed by atoms with van der Waals surface area (Å²) in [6.45, 7) is 6.64. The zero-order valence-electron chi connectivity index (χ0n) is 14.0. The number of aryl methyl sites for hydroxylation is 2. The SMILES string of the molecule is CNCC(C)C(=O)Nc1nc(C)c(Cc2ccc(C)cc2)s1.Cl. The number of halogens is 1. The molecule has 0 saturated heterocycles. The average Bonchev–Trinajstić information content (AvgIpc) is 2.81. The lowest BCUT2D eigenvalue weighted by molar-refractivity contribution is -0.119. The molecular formula is C17H24ClN3OS. The van der Waals surface area contributed by atoms with Gasteiger partial charge in [-0.2, -0.15) is 0 Å². The number of hydrogen-bond acceptors (Lipinski definition) is 4. The zero-order chi connectivity index (χ0) is 16.1. The Morgan fingerprint density at radius 1 is 1.26 bits per heavy atom. The second-order valence-electron chi connectivity index (χ2n) is 5.64. The predicted molar refractivity (Wildman–Crippen MR) is 99.8 cm³/mol. The van der Waals surface area contributed by atoms with Crippen molar-refractivity contribution in [1.82, 2.24) is 10.3 Å². The zero-order valence-corrected chi connectivity index (χ0v) is 15.6. The minimum atomic E-state index is -0.0743. The van der Waals surface area contributed by atoms with Crippen LogP contribution in [0.2, 0.25) is 0 Å². The molecule has 2 rings (SSSR count). The van der Waals surface area contributed by atoms with Gasteiger partial charge in [0.2, 0.25) is 5.91 Å². The van der Waals surface area contributed by atoms with Crippen LogP contribution in [0.1, 0.15) is 28.6 Å². The third-order valence-electron chi connectivity index (χ3n) is 3.57. The van der Waals surface area contributed by atoms with Crippen molar-refractivity contribution in [1.29, 1.82) is 0 Å². The highest BCUT2D eigenvalue weighted by Gasteiger charge is 2.15. The van der Waals surface area contributed by atoms with Gasteiger partial charge < -0.3 is 10.6 Å². The quantitative estimate of drug-likeness (QED) is 0.834. The van der Waals surface area contributed by atoms with Crippen LogP contribution in [0.15, 0.2) is 24.3 Å². The Morgan fingerprint density at radius 2 is 1.91 bits per heavy atom. The van der Waals surface area contributed by atoms with Gasteiger partial charge in [-0.15, -0.1) is 23.7 Å². The molecule has 4 nitrogen and oxygen atoms in total. The Morgan fingerprint density at radius 3 is 2.52 bits per heavy atom. The van der Waals surface area contributed by atoms with Gasteiger partial charge in [-0.3, -0.25) is 4.79 Å². The first kappa shape index (κ1) is 19.6. The summed E-state index contributed by atoms with van der Waals surface area (Å²) >= 11 is 1.56. The highest BCUT2D eigenvalue weighted by atomic mass is 35.5.